The molecule has 0 aliphatic carbocycles. The fraction of sp³-hybridized carbons (Fsp3) is 0.278. The summed E-state index contributed by atoms with van der Waals surface area (Å²) in [4.78, 5) is 12.5. The van der Waals surface area contributed by atoms with Crippen molar-refractivity contribution in [1.82, 2.24) is 10.0 Å². The molecule has 5 nitrogen and oxygen atoms in total. The molecule has 0 aromatic heterocycles. The van der Waals surface area contributed by atoms with Crippen molar-refractivity contribution >= 4 is 27.5 Å². The van der Waals surface area contributed by atoms with Crippen LogP contribution in [0.5, 0.6) is 0 Å². The zero-order chi connectivity index (χ0) is 18.4. The highest BCUT2D eigenvalue weighted by atomic mass is 35.5. The molecule has 0 spiro atoms. The molecule has 0 unspecified atom stereocenters. The Kier molecular flexibility index (Phi) is 6.58. The van der Waals surface area contributed by atoms with E-state index >= 15 is 0 Å². The first-order valence-corrected chi connectivity index (χ1v) is 9.90. The minimum atomic E-state index is -3.78. The number of carbonyl (C=O) groups excluding carboxylic acids is 1. The highest BCUT2D eigenvalue weighted by molar-refractivity contribution is 7.88. The molecule has 2 aromatic rings. The van der Waals surface area contributed by atoms with Crippen LogP contribution in [0.15, 0.2) is 54.6 Å². The Bertz CT molecular complexity index is 823. The molecule has 0 radical (unpaired) electrons. The molecule has 1 atom stereocenters. The number of amides is 1. The van der Waals surface area contributed by atoms with E-state index in [0.29, 0.717) is 16.1 Å². The molecule has 25 heavy (non-hydrogen) atoms. The predicted octanol–water partition coefficient (Wildman–Crippen LogP) is 3.03. The van der Waals surface area contributed by atoms with Gasteiger partial charge >= 0.3 is 0 Å². The SMILES string of the molecule is CC(C)NC(=O)[C@@H](NS(=O)(=O)Cc1ccccc1Cl)c1ccccc1. The predicted molar refractivity (Wildman–Crippen MR) is 99.7 cm³/mol. The molecule has 134 valence electrons. The molecule has 1 amide bonds. The van der Waals surface area contributed by atoms with Gasteiger partial charge in [0.2, 0.25) is 15.9 Å². The minimum Gasteiger partial charge on any atom is -0.352 e. The van der Waals surface area contributed by atoms with Gasteiger partial charge in [0.15, 0.2) is 0 Å². The lowest BCUT2D eigenvalue weighted by molar-refractivity contribution is -0.123. The van der Waals surface area contributed by atoms with E-state index in [1.165, 1.54) is 0 Å². The Morgan fingerprint density at radius 3 is 2.24 bits per heavy atom. The van der Waals surface area contributed by atoms with E-state index in [2.05, 4.69) is 10.0 Å². The van der Waals surface area contributed by atoms with E-state index in [1.54, 1.807) is 54.6 Å². The number of rotatable bonds is 7. The van der Waals surface area contributed by atoms with Gasteiger partial charge < -0.3 is 5.32 Å². The van der Waals surface area contributed by atoms with Crippen LogP contribution in [-0.2, 0) is 20.6 Å². The Morgan fingerprint density at radius 2 is 1.64 bits per heavy atom. The third-order valence-corrected chi connectivity index (χ3v) is 5.08. The maximum absolute atomic E-state index is 12.6. The van der Waals surface area contributed by atoms with Gasteiger partial charge in [-0.15, -0.1) is 0 Å². The van der Waals surface area contributed by atoms with Crippen LogP contribution < -0.4 is 10.0 Å². The molecule has 0 saturated carbocycles. The average molecular weight is 381 g/mol. The number of hydrogen-bond acceptors (Lipinski definition) is 3. The van der Waals surface area contributed by atoms with Crippen LogP contribution in [0.2, 0.25) is 5.02 Å². The molecule has 7 heteroatoms. The summed E-state index contributed by atoms with van der Waals surface area (Å²) in [6.07, 6.45) is 0. The first-order chi connectivity index (χ1) is 11.8. The fourth-order valence-electron chi connectivity index (χ4n) is 2.33. The summed E-state index contributed by atoms with van der Waals surface area (Å²) in [5.41, 5.74) is 1.05. The highest BCUT2D eigenvalue weighted by Crippen LogP contribution is 2.20. The maximum atomic E-state index is 12.6. The molecule has 0 heterocycles. The quantitative estimate of drug-likeness (QED) is 0.775. The van der Waals surface area contributed by atoms with Crippen LogP contribution in [0.4, 0.5) is 0 Å². The van der Waals surface area contributed by atoms with E-state index in [9.17, 15) is 13.2 Å². The zero-order valence-corrected chi connectivity index (χ0v) is 15.6. The van der Waals surface area contributed by atoms with Gasteiger partial charge in [0, 0.05) is 11.1 Å². The summed E-state index contributed by atoms with van der Waals surface area (Å²) in [6, 6.07) is 14.4. The molecule has 2 N–H and O–H groups in total. The smallest absolute Gasteiger partial charge is 0.242 e. The van der Waals surface area contributed by atoms with E-state index < -0.39 is 22.0 Å². The van der Waals surface area contributed by atoms with Crippen LogP contribution in [0.1, 0.15) is 31.0 Å². The summed E-state index contributed by atoms with van der Waals surface area (Å²) < 4.78 is 27.6. The third-order valence-electron chi connectivity index (χ3n) is 3.43. The Hall–Kier alpha value is -1.89. The Balaban J connectivity index is 2.26. The normalized spacial score (nSPS) is 12.8. The fourth-order valence-corrected chi connectivity index (χ4v) is 3.96. The zero-order valence-electron chi connectivity index (χ0n) is 14.1. The van der Waals surface area contributed by atoms with Crippen molar-refractivity contribution in [3.63, 3.8) is 0 Å². The largest absolute Gasteiger partial charge is 0.352 e. The number of benzene rings is 2. The van der Waals surface area contributed by atoms with Gasteiger partial charge in [-0.05, 0) is 31.0 Å². The van der Waals surface area contributed by atoms with Crippen LogP contribution >= 0.6 is 11.6 Å². The minimum absolute atomic E-state index is 0.105. The number of nitrogens with one attached hydrogen (secondary N) is 2. The molecular weight excluding hydrogens is 360 g/mol. The van der Waals surface area contributed by atoms with Crippen molar-refractivity contribution in [3.8, 4) is 0 Å². The monoisotopic (exact) mass is 380 g/mol. The van der Waals surface area contributed by atoms with E-state index in [4.69, 9.17) is 11.6 Å². The van der Waals surface area contributed by atoms with E-state index in [-0.39, 0.29) is 11.8 Å². The van der Waals surface area contributed by atoms with Crippen molar-refractivity contribution in [2.24, 2.45) is 0 Å². The second kappa shape index (κ2) is 8.47. The highest BCUT2D eigenvalue weighted by Gasteiger charge is 2.27. The molecule has 0 bridgehead atoms. The van der Waals surface area contributed by atoms with Crippen LogP contribution in [0.3, 0.4) is 0 Å². The molecule has 0 fully saturated rings. The van der Waals surface area contributed by atoms with E-state index in [0.717, 1.165) is 0 Å². The lowest BCUT2D eigenvalue weighted by atomic mass is 10.1. The van der Waals surface area contributed by atoms with Gasteiger partial charge in [-0.3, -0.25) is 4.79 Å². The molecule has 2 rings (SSSR count). The molecule has 2 aromatic carbocycles. The Labute approximate surface area is 153 Å². The van der Waals surface area contributed by atoms with Gasteiger partial charge in [-0.1, -0.05) is 60.1 Å². The Morgan fingerprint density at radius 1 is 1.04 bits per heavy atom. The summed E-state index contributed by atoms with van der Waals surface area (Å²) in [5, 5.41) is 3.12. The van der Waals surface area contributed by atoms with Gasteiger partial charge in [-0.2, -0.15) is 4.72 Å². The third kappa shape index (κ3) is 5.85. The van der Waals surface area contributed by atoms with Crippen LogP contribution in [-0.4, -0.2) is 20.4 Å². The average Bonchev–Trinajstić information content (AvgIpc) is 2.55. The lowest BCUT2D eigenvalue weighted by Crippen LogP contribution is -2.43. The van der Waals surface area contributed by atoms with Crippen molar-refractivity contribution < 1.29 is 13.2 Å². The van der Waals surface area contributed by atoms with Crippen LogP contribution in [0, 0.1) is 0 Å². The molecule has 0 aliphatic rings. The number of carbonyl (C=O) groups is 1. The van der Waals surface area contributed by atoms with Crippen molar-refractivity contribution in [1.29, 1.82) is 0 Å². The van der Waals surface area contributed by atoms with Crippen LogP contribution in [0.25, 0.3) is 0 Å². The second-order valence-electron chi connectivity index (χ2n) is 5.98. The topological polar surface area (TPSA) is 75.3 Å². The first-order valence-electron chi connectivity index (χ1n) is 7.87. The second-order valence-corrected chi connectivity index (χ2v) is 8.14. The number of sulfonamides is 1. The van der Waals surface area contributed by atoms with Gasteiger partial charge in [0.25, 0.3) is 0 Å². The summed E-state index contributed by atoms with van der Waals surface area (Å²) in [7, 11) is -3.78. The van der Waals surface area contributed by atoms with Gasteiger partial charge in [0.05, 0.1) is 5.75 Å². The lowest BCUT2D eigenvalue weighted by Gasteiger charge is -2.20. The van der Waals surface area contributed by atoms with Crippen molar-refractivity contribution in [2.75, 3.05) is 0 Å². The van der Waals surface area contributed by atoms with Crippen molar-refractivity contribution in [2.45, 2.75) is 31.7 Å². The van der Waals surface area contributed by atoms with E-state index in [1.807, 2.05) is 13.8 Å². The first kappa shape index (κ1) is 19.4. The molecule has 0 saturated heterocycles. The molecular formula is C18H21ClN2O3S. The van der Waals surface area contributed by atoms with Gasteiger partial charge in [-0.25, -0.2) is 8.42 Å². The number of hydrogen-bond donors (Lipinski definition) is 2. The summed E-state index contributed by atoms with van der Waals surface area (Å²) in [5.74, 6) is -0.700. The standard InChI is InChI=1S/C18H21ClN2O3S/c1-13(2)20-18(22)17(14-8-4-3-5-9-14)21-25(23,24)12-15-10-6-7-11-16(15)19/h3-11,13,17,21H,12H2,1-2H3,(H,20,22)/t17-/m0/s1. The maximum Gasteiger partial charge on any atom is 0.242 e. The molecule has 0 aliphatic heterocycles. The van der Waals surface area contributed by atoms with Crippen molar-refractivity contribution in [3.05, 3.63) is 70.7 Å². The summed E-state index contributed by atoms with van der Waals surface area (Å²) in [6.45, 7) is 3.64. The number of halogens is 1. The van der Waals surface area contributed by atoms with Gasteiger partial charge in [0.1, 0.15) is 6.04 Å². The summed E-state index contributed by atoms with van der Waals surface area (Å²) >= 11 is 6.04.